The molecule has 1 aromatic rings. The van der Waals surface area contributed by atoms with Gasteiger partial charge in [-0.2, -0.15) is 0 Å². The van der Waals surface area contributed by atoms with Gasteiger partial charge in [0.1, 0.15) is 11.7 Å². The van der Waals surface area contributed by atoms with Crippen LogP contribution in [0.2, 0.25) is 0 Å². The quantitative estimate of drug-likeness (QED) is 0.813. The molecule has 1 aliphatic rings. The molecule has 1 aromatic heterocycles. The van der Waals surface area contributed by atoms with E-state index in [9.17, 15) is 14.7 Å². The van der Waals surface area contributed by atoms with Gasteiger partial charge in [-0.25, -0.2) is 4.79 Å². The topological polar surface area (TPSA) is 73.4 Å². The van der Waals surface area contributed by atoms with Crippen LogP contribution in [0.3, 0.4) is 0 Å². The largest absolute Gasteiger partial charge is 0.480 e. The monoisotopic (exact) mass is 236 g/mol. The maximum Gasteiger partial charge on any atom is 0.326 e. The number of hydrogen-bond donors (Lipinski definition) is 2. The Hall–Kier alpha value is -1.78. The van der Waals surface area contributed by atoms with Crippen molar-refractivity contribution >= 4 is 11.9 Å². The zero-order chi connectivity index (χ0) is 12.4. The normalized spacial score (nSPS) is 24.6. The van der Waals surface area contributed by atoms with E-state index < -0.39 is 12.0 Å². The number of H-pyrrole nitrogens is 1. The summed E-state index contributed by atoms with van der Waals surface area (Å²) in [7, 11) is 0. The third kappa shape index (κ3) is 2.18. The molecule has 2 atom stereocenters. The SMILES string of the molecule is CC1CCCN(C(=O)c2ccc[nH]2)C1C(=O)O. The van der Waals surface area contributed by atoms with E-state index in [0.29, 0.717) is 12.2 Å². The average Bonchev–Trinajstić information content (AvgIpc) is 2.80. The summed E-state index contributed by atoms with van der Waals surface area (Å²) in [6, 6.07) is 2.69. The van der Waals surface area contributed by atoms with Gasteiger partial charge in [0.05, 0.1) is 0 Å². The first-order chi connectivity index (χ1) is 8.11. The minimum Gasteiger partial charge on any atom is -0.480 e. The van der Waals surface area contributed by atoms with Gasteiger partial charge >= 0.3 is 5.97 Å². The van der Waals surface area contributed by atoms with Crippen LogP contribution >= 0.6 is 0 Å². The Morgan fingerprint density at radius 2 is 2.29 bits per heavy atom. The van der Waals surface area contributed by atoms with Crippen molar-refractivity contribution in [2.24, 2.45) is 5.92 Å². The Kier molecular flexibility index (Phi) is 3.17. The van der Waals surface area contributed by atoms with E-state index in [1.54, 1.807) is 18.3 Å². The zero-order valence-electron chi connectivity index (χ0n) is 9.72. The molecule has 0 bridgehead atoms. The highest BCUT2D eigenvalue weighted by Gasteiger charge is 2.37. The number of hydrogen-bond acceptors (Lipinski definition) is 2. The molecule has 0 aliphatic carbocycles. The van der Waals surface area contributed by atoms with E-state index in [-0.39, 0.29) is 11.8 Å². The number of carboxylic acids is 1. The fourth-order valence-electron chi connectivity index (χ4n) is 2.41. The Balaban J connectivity index is 2.23. The molecule has 92 valence electrons. The molecule has 1 saturated heterocycles. The number of rotatable bonds is 2. The Morgan fingerprint density at radius 1 is 1.53 bits per heavy atom. The van der Waals surface area contributed by atoms with E-state index in [1.165, 1.54) is 4.90 Å². The van der Waals surface area contributed by atoms with Crippen molar-refractivity contribution in [3.63, 3.8) is 0 Å². The number of aromatic amines is 1. The second-order valence-electron chi connectivity index (χ2n) is 4.48. The van der Waals surface area contributed by atoms with Gasteiger partial charge < -0.3 is 15.0 Å². The van der Waals surface area contributed by atoms with Crippen LogP contribution < -0.4 is 0 Å². The third-order valence-corrected chi connectivity index (χ3v) is 3.28. The van der Waals surface area contributed by atoms with E-state index in [2.05, 4.69) is 4.98 Å². The summed E-state index contributed by atoms with van der Waals surface area (Å²) < 4.78 is 0. The molecule has 2 N–H and O–H groups in total. The van der Waals surface area contributed by atoms with Crippen LogP contribution in [-0.2, 0) is 4.79 Å². The molecule has 1 amide bonds. The summed E-state index contributed by atoms with van der Waals surface area (Å²) in [4.78, 5) is 27.7. The molecular formula is C12H16N2O3. The lowest BCUT2D eigenvalue weighted by atomic mass is 9.90. The molecule has 1 fully saturated rings. The van der Waals surface area contributed by atoms with Crippen molar-refractivity contribution in [1.82, 2.24) is 9.88 Å². The van der Waals surface area contributed by atoms with Crippen molar-refractivity contribution in [3.05, 3.63) is 24.0 Å². The minimum absolute atomic E-state index is 0.000150. The summed E-state index contributed by atoms with van der Waals surface area (Å²) >= 11 is 0. The van der Waals surface area contributed by atoms with Crippen LogP contribution in [0.15, 0.2) is 18.3 Å². The van der Waals surface area contributed by atoms with Crippen molar-refractivity contribution in [2.75, 3.05) is 6.54 Å². The maximum atomic E-state index is 12.2. The molecule has 0 spiro atoms. The van der Waals surface area contributed by atoms with Gasteiger partial charge in [-0.15, -0.1) is 0 Å². The van der Waals surface area contributed by atoms with Gasteiger partial charge in [0, 0.05) is 12.7 Å². The first-order valence-electron chi connectivity index (χ1n) is 5.78. The summed E-state index contributed by atoms with van der Waals surface area (Å²) in [5, 5.41) is 9.22. The number of carbonyl (C=O) groups excluding carboxylic acids is 1. The zero-order valence-corrected chi connectivity index (χ0v) is 9.72. The van der Waals surface area contributed by atoms with E-state index in [1.807, 2.05) is 6.92 Å². The molecule has 1 aliphatic heterocycles. The number of piperidine rings is 1. The van der Waals surface area contributed by atoms with Crippen molar-refractivity contribution < 1.29 is 14.7 Å². The fourth-order valence-corrected chi connectivity index (χ4v) is 2.41. The predicted molar refractivity (Wildman–Crippen MR) is 61.7 cm³/mol. The number of amides is 1. The average molecular weight is 236 g/mol. The third-order valence-electron chi connectivity index (χ3n) is 3.28. The molecule has 0 aromatic carbocycles. The number of carbonyl (C=O) groups is 2. The lowest BCUT2D eigenvalue weighted by molar-refractivity contribution is -0.145. The second kappa shape index (κ2) is 4.61. The van der Waals surface area contributed by atoms with Crippen LogP contribution in [0.25, 0.3) is 0 Å². The predicted octanol–water partition coefficient (Wildman–Crippen LogP) is 1.34. The second-order valence-corrected chi connectivity index (χ2v) is 4.48. The summed E-state index contributed by atoms with van der Waals surface area (Å²) in [5.74, 6) is -1.15. The molecule has 5 nitrogen and oxygen atoms in total. The Labute approximate surface area is 99.4 Å². The van der Waals surface area contributed by atoms with Gasteiger partial charge in [0.15, 0.2) is 0 Å². The Morgan fingerprint density at radius 3 is 2.88 bits per heavy atom. The van der Waals surface area contributed by atoms with E-state index in [4.69, 9.17) is 0 Å². The highest BCUT2D eigenvalue weighted by molar-refractivity contribution is 5.95. The molecule has 2 rings (SSSR count). The van der Waals surface area contributed by atoms with Crippen LogP contribution in [0.1, 0.15) is 30.3 Å². The van der Waals surface area contributed by atoms with Gasteiger partial charge in [0.2, 0.25) is 0 Å². The van der Waals surface area contributed by atoms with Crippen LogP contribution in [0, 0.1) is 5.92 Å². The summed E-state index contributed by atoms with van der Waals surface area (Å²) in [6.07, 6.45) is 3.37. The standard InChI is InChI=1S/C12H16N2O3/c1-8-4-3-7-14(10(8)12(16)17)11(15)9-5-2-6-13-9/h2,5-6,8,10,13H,3-4,7H2,1H3,(H,16,17). The lowest BCUT2D eigenvalue weighted by Gasteiger charge is -2.37. The number of nitrogens with zero attached hydrogens (tertiary/aromatic N) is 1. The number of aromatic nitrogens is 1. The Bertz CT molecular complexity index is 413. The van der Waals surface area contributed by atoms with Crippen molar-refractivity contribution in [3.8, 4) is 0 Å². The molecule has 17 heavy (non-hydrogen) atoms. The first-order valence-corrected chi connectivity index (χ1v) is 5.78. The number of nitrogens with one attached hydrogen (secondary N) is 1. The van der Waals surface area contributed by atoms with Gasteiger partial charge in [0.25, 0.3) is 5.91 Å². The van der Waals surface area contributed by atoms with Crippen LogP contribution in [0.5, 0.6) is 0 Å². The van der Waals surface area contributed by atoms with Crippen LogP contribution in [-0.4, -0.2) is 39.5 Å². The molecular weight excluding hydrogens is 220 g/mol. The van der Waals surface area contributed by atoms with Crippen LogP contribution in [0.4, 0.5) is 0 Å². The summed E-state index contributed by atoms with van der Waals surface area (Å²) in [6.45, 7) is 2.39. The van der Waals surface area contributed by atoms with E-state index in [0.717, 1.165) is 12.8 Å². The molecule has 0 radical (unpaired) electrons. The molecule has 5 heteroatoms. The first kappa shape index (κ1) is 11.7. The fraction of sp³-hybridized carbons (Fsp3) is 0.500. The molecule has 2 unspecified atom stereocenters. The van der Waals surface area contributed by atoms with E-state index >= 15 is 0 Å². The minimum atomic E-state index is -0.919. The molecule has 2 heterocycles. The maximum absolute atomic E-state index is 12.2. The lowest BCUT2D eigenvalue weighted by Crippen LogP contribution is -2.52. The molecule has 0 saturated carbocycles. The van der Waals surface area contributed by atoms with Crippen molar-refractivity contribution in [2.45, 2.75) is 25.8 Å². The highest BCUT2D eigenvalue weighted by atomic mass is 16.4. The van der Waals surface area contributed by atoms with Gasteiger partial charge in [-0.3, -0.25) is 4.79 Å². The van der Waals surface area contributed by atoms with Gasteiger partial charge in [-0.1, -0.05) is 6.92 Å². The smallest absolute Gasteiger partial charge is 0.326 e. The summed E-state index contributed by atoms with van der Waals surface area (Å²) in [5.41, 5.74) is 0.449. The number of carboxylic acid groups (broad SMARTS) is 1. The van der Waals surface area contributed by atoms with Crippen molar-refractivity contribution in [1.29, 1.82) is 0 Å². The highest BCUT2D eigenvalue weighted by Crippen LogP contribution is 2.24. The number of likely N-dealkylation sites (tertiary alicyclic amines) is 1. The van der Waals surface area contributed by atoms with Gasteiger partial charge in [-0.05, 0) is 30.9 Å². The number of aliphatic carboxylic acids is 1.